The molecule has 0 spiro atoms. The molecule has 0 unspecified atom stereocenters. The van der Waals surface area contributed by atoms with Crippen molar-refractivity contribution in [2.75, 3.05) is 32.6 Å². The van der Waals surface area contributed by atoms with Crippen LogP contribution < -0.4 is 15.4 Å². The Morgan fingerprint density at radius 2 is 2.07 bits per heavy atom. The Morgan fingerprint density at radius 3 is 2.75 bits per heavy atom. The lowest BCUT2D eigenvalue weighted by Gasteiger charge is -2.24. The van der Waals surface area contributed by atoms with Gasteiger partial charge in [-0.3, -0.25) is 9.69 Å². The summed E-state index contributed by atoms with van der Waals surface area (Å²) in [5, 5.41) is 16.5. The van der Waals surface area contributed by atoms with Crippen molar-refractivity contribution in [3.8, 4) is 5.75 Å². The van der Waals surface area contributed by atoms with Gasteiger partial charge in [-0.05, 0) is 18.1 Å². The molecule has 0 aliphatic carbocycles. The third kappa shape index (κ3) is 4.76. The van der Waals surface area contributed by atoms with Crippen LogP contribution in [0.5, 0.6) is 5.75 Å². The molecule has 3 N–H and O–H groups in total. The second kappa shape index (κ2) is 9.28. The number of carbonyl (C=O) groups excluding carboxylic acids is 1. The molecule has 7 heteroatoms. The average Bonchev–Trinajstić information content (AvgIpc) is 3.05. The van der Waals surface area contributed by atoms with Gasteiger partial charge < -0.3 is 20.5 Å². The second-order valence-electron chi connectivity index (χ2n) is 6.95. The van der Waals surface area contributed by atoms with Crippen molar-refractivity contribution < 1.29 is 14.6 Å². The third-order valence-electron chi connectivity index (χ3n) is 5.04. The number of hydrogen-bond donors (Lipinski definition) is 3. The molecule has 1 saturated heterocycles. The monoisotopic (exact) mass is 403 g/mol. The van der Waals surface area contributed by atoms with Gasteiger partial charge in [0.25, 0.3) is 5.91 Å². The van der Waals surface area contributed by atoms with E-state index in [-0.39, 0.29) is 18.1 Å². The van der Waals surface area contributed by atoms with Crippen LogP contribution in [0.1, 0.15) is 22.3 Å². The molecule has 28 heavy (non-hydrogen) atoms. The van der Waals surface area contributed by atoms with Gasteiger partial charge in [0, 0.05) is 38.8 Å². The van der Waals surface area contributed by atoms with E-state index in [1.54, 1.807) is 19.2 Å². The molecule has 0 aromatic heterocycles. The number of carbonyl (C=O) groups is 1. The highest BCUT2D eigenvalue weighted by Gasteiger charge is 2.31. The first-order chi connectivity index (χ1) is 13.5. The first kappa shape index (κ1) is 20.5. The summed E-state index contributed by atoms with van der Waals surface area (Å²) < 4.78 is 5.34. The normalized spacial score (nSPS) is 19.4. The number of rotatable bonds is 7. The van der Waals surface area contributed by atoms with E-state index in [0.29, 0.717) is 41.5 Å². The minimum absolute atomic E-state index is 0.0669. The molecule has 6 nitrogen and oxygen atoms in total. The first-order valence-electron chi connectivity index (χ1n) is 9.31. The largest absolute Gasteiger partial charge is 0.496 e. The summed E-state index contributed by atoms with van der Waals surface area (Å²) in [4.78, 5) is 14.9. The molecule has 150 valence electrons. The number of benzene rings is 2. The fraction of sp³-hybridized carbons (Fsp3) is 0.381. The lowest BCUT2D eigenvalue weighted by Crippen LogP contribution is -2.39. The van der Waals surface area contributed by atoms with Gasteiger partial charge in [0.15, 0.2) is 0 Å². The zero-order valence-electron chi connectivity index (χ0n) is 16.1. The van der Waals surface area contributed by atoms with Crippen LogP contribution in [0.4, 0.5) is 5.69 Å². The lowest BCUT2D eigenvalue weighted by atomic mass is 10.1. The van der Waals surface area contributed by atoms with E-state index < -0.39 is 0 Å². The van der Waals surface area contributed by atoms with Crippen LogP contribution in [0, 0.1) is 0 Å². The Labute approximate surface area is 170 Å². The Balaban J connectivity index is 1.67. The molecule has 1 aliphatic heterocycles. The zero-order chi connectivity index (χ0) is 20.1. The number of amides is 1. The zero-order valence-corrected chi connectivity index (χ0v) is 16.9. The maximum atomic E-state index is 12.7. The predicted molar refractivity (Wildman–Crippen MR) is 111 cm³/mol. The van der Waals surface area contributed by atoms with Crippen molar-refractivity contribution >= 4 is 23.2 Å². The third-order valence-corrected chi connectivity index (χ3v) is 5.35. The van der Waals surface area contributed by atoms with E-state index in [0.717, 1.165) is 6.54 Å². The number of nitrogens with zero attached hydrogens (tertiary/aromatic N) is 1. The quantitative estimate of drug-likeness (QED) is 0.663. The van der Waals surface area contributed by atoms with Gasteiger partial charge >= 0.3 is 0 Å². The summed E-state index contributed by atoms with van der Waals surface area (Å²) in [6.07, 6.45) is 0.244. The fourth-order valence-electron chi connectivity index (χ4n) is 3.58. The average molecular weight is 404 g/mol. The number of aliphatic hydroxyl groups is 1. The highest BCUT2D eigenvalue weighted by molar-refractivity contribution is 6.33. The standard InChI is InChI=1S/C21H26ClN3O3/c1-23-19-10-20(28-2)17(9-18(19)22)21(27)24-11-15-8-16(26)13-25(15)12-14-6-4-3-5-7-14/h3-7,9-10,15-16,23,26H,8,11-13H2,1-2H3,(H,24,27)/t15-,16+/m1/s1. The maximum absolute atomic E-state index is 12.7. The van der Waals surface area contributed by atoms with Crippen LogP contribution in [0.25, 0.3) is 0 Å². The molecule has 0 radical (unpaired) electrons. The maximum Gasteiger partial charge on any atom is 0.255 e. The molecular weight excluding hydrogens is 378 g/mol. The Hall–Kier alpha value is -2.28. The van der Waals surface area contributed by atoms with Crippen LogP contribution in [0.15, 0.2) is 42.5 Å². The number of ether oxygens (including phenoxy) is 1. The van der Waals surface area contributed by atoms with Crippen LogP contribution in [-0.2, 0) is 6.54 Å². The number of anilines is 1. The molecule has 1 aliphatic rings. The Kier molecular flexibility index (Phi) is 6.78. The molecule has 2 aromatic carbocycles. The number of hydrogen-bond acceptors (Lipinski definition) is 5. The van der Waals surface area contributed by atoms with Crippen molar-refractivity contribution in [2.45, 2.75) is 25.1 Å². The smallest absolute Gasteiger partial charge is 0.255 e. The number of aliphatic hydroxyl groups excluding tert-OH is 1. The summed E-state index contributed by atoms with van der Waals surface area (Å²) in [7, 11) is 3.28. The van der Waals surface area contributed by atoms with E-state index in [1.807, 2.05) is 18.2 Å². The van der Waals surface area contributed by atoms with Gasteiger partial charge in [-0.15, -0.1) is 0 Å². The number of likely N-dealkylation sites (tertiary alicyclic amines) is 1. The van der Waals surface area contributed by atoms with E-state index in [2.05, 4.69) is 27.7 Å². The van der Waals surface area contributed by atoms with E-state index in [1.165, 1.54) is 12.7 Å². The van der Waals surface area contributed by atoms with Crippen molar-refractivity contribution in [1.82, 2.24) is 10.2 Å². The number of β-amino-alcohol motifs (C(OH)–C–C–N with tert-alkyl or cyclic N) is 1. The minimum atomic E-state index is -0.385. The predicted octanol–water partition coefficient (Wildman–Crippen LogP) is 2.76. The molecule has 1 amide bonds. The summed E-state index contributed by atoms with van der Waals surface area (Å²) in [5.41, 5.74) is 2.27. The number of nitrogens with one attached hydrogen (secondary N) is 2. The van der Waals surface area contributed by atoms with E-state index >= 15 is 0 Å². The van der Waals surface area contributed by atoms with Gasteiger partial charge in [0.2, 0.25) is 0 Å². The van der Waals surface area contributed by atoms with Gasteiger partial charge in [0.05, 0.1) is 29.5 Å². The molecule has 0 bridgehead atoms. The molecule has 1 heterocycles. The minimum Gasteiger partial charge on any atom is -0.496 e. The molecule has 2 aromatic rings. The first-order valence-corrected chi connectivity index (χ1v) is 9.69. The van der Waals surface area contributed by atoms with Crippen molar-refractivity contribution in [3.05, 3.63) is 58.6 Å². The molecule has 2 atom stereocenters. The van der Waals surface area contributed by atoms with Gasteiger partial charge in [-0.25, -0.2) is 0 Å². The van der Waals surface area contributed by atoms with Crippen molar-refractivity contribution in [2.24, 2.45) is 0 Å². The highest BCUT2D eigenvalue weighted by Crippen LogP contribution is 2.30. The SMILES string of the molecule is CNc1cc(OC)c(C(=O)NC[C@H]2C[C@H](O)CN2Cc2ccccc2)cc1Cl. The van der Waals surface area contributed by atoms with Crippen LogP contribution in [0.2, 0.25) is 5.02 Å². The number of methoxy groups -OCH3 is 1. The molecular formula is C21H26ClN3O3. The van der Waals surface area contributed by atoms with Gasteiger partial charge in [-0.1, -0.05) is 41.9 Å². The second-order valence-corrected chi connectivity index (χ2v) is 7.36. The summed E-state index contributed by atoms with van der Waals surface area (Å²) in [6, 6.07) is 13.5. The topological polar surface area (TPSA) is 73.8 Å². The van der Waals surface area contributed by atoms with Crippen LogP contribution in [0.3, 0.4) is 0 Å². The van der Waals surface area contributed by atoms with Crippen molar-refractivity contribution in [1.29, 1.82) is 0 Å². The molecule has 0 saturated carbocycles. The Bertz CT molecular complexity index is 816. The van der Waals surface area contributed by atoms with Crippen LogP contribution in [-0.4, -0.2) is 55.3 Å². The summed E-state index contributed by atoms with van der Waals surface area (Å²) >= 11 is 6.22. The summed E-state index contributed by atoms with van der Waals surface area (Å²) in [5.74, 6) is 0.210. The lowest BCUT2D eigenvalue weighted by molar-refractivity contribution is 0.0937. The van der Waals surface area contributed by atoms with Crippen LogP contribution >= 0.6 is 11.6 Å². The highest BCUT2D eigenvalue weighted by atomic mass is 35.5. The molecule has 1 fully saturated rings. The van der Waals surface area contributed by atoms with Gasteiger partial charge in [-0.2, -0.15) is 0 Å². The Morgan fingerprint density at radius 1 is 1.32 bits per heavy atom. The van der Waals surface area contributed by atoms with Gasteiger partial charge in [0.1, 0.15) is 5.75 Å². The summed E-state index contributed by atoms with van der Waals surface area (Å²) in [6.45, 7) is 1.78. The number of halogens is 1. The van der Waals surface area contributed by atoms with Crippen molar-refractivity contribution in [3.63, 3.8) is 0 Å². The van der Waals surface area contributed by atoms with E-state index in [9.17, 15) is 9.90 Å². The fourth-order valence-corrected chi connectivity index (χ4v) is 3.84. The molecule has 3 rings (SSSR count). The van der Waals surface area contributed by atoms with E-state index in [4.69, 9.17) is 16.3 Å².